The number of carbonyl (C=O) groups is 1. The van der Waals surface area contributed by atoms with Crippen LogP contribution in [-0.2, 0) is 14.3 Å². The Morgan fingerprint density at radius 1 is 0.574 bits per heavy atom. The highest BCUT2D eigenvalue weighted by molar-refractivity contribution is 5.76. The Bertz CT molecular complexity index is 1090. The van der Waals surface area contributed by atoms with E-state index in [1.54, 1.807) is 0 Å². The average Bonchev–Trinajstić information content (AvgIpc) is 3.26. The summed E-state index contributed by atoms with van der Waals surface area (Å²) in [4.78, 5) is 13.0. The lowest BCUT2D eigenvalue weighted by molar-refractivity contribution is -0.302. The number of aliphatic hydroxyl groups is 5. The van der Waals surface area contributed by atoms with E-state index in [2.05, 4.69) is 67.8 Å². The largest absolute Gasteiger partial charge is 0.394 e. The molecule has 9 heteroatoms. The topological polar surface area (TPSA) is 149 Å². The van der Waals surface area contributed by atoms with Gasteiger partial charge in [-0.25, -0.2) is 0 Å². The summed E-state index contributed by atoms with van der Waals surface area (Å²) in [6, 6.07) is -0.733. The molecule has 9 nitrogen and oxygen atoms in total. The van der Waals surface area contributed by atoms with Gasteiger partial charge in [0.15, 0.2) is 6.29 Å². The fraction of sp³-hybridized carbons (Fsp3) is 0.827. The molecule has 0 aromatic carbocycles. The van der Waals surface area contributed by atoms with Crippen LogP contribution in [0.5, 0.6) is 0 Å². The van der Waals surface area contributed by atoms with Crippen LogP contribution in [0.2, 0.25) is 0 Å². The van der Waals surface area contributed by atoms with Crippen molar-refractivity contribution in [1.82, 2.24) is 5.32 Å². The summed E-state index contributed by atoms with van der Waals surface area (Å²) < 4.78 is 11.3. The second-order valence-corrected chi connectivity index (χ2v) is 17.6. The first-order chi connectivity index (χ1) is 29.8. The second-order valence-electron chi connectivity index (χ2n) is 17.6. The lowest BCUT2D eigenvalue weighted by atomic mass is 9.99. The van der Waals surface area contributed by atoms with E-state index in [1.807, 2.05) is 0 Å². The van der Waals surface area contributed by atoms with E-state index in [1.165, 1.54) is 116 Å². The van der Waals surface area contributed by atoms with Gasteiger partial charge in [0.25, 0.3) is 0 Å². The van der Waals surface area contributed by atoms with Crippen molar-refractivity contribution in [2.75, 3.05) is 13.2 Å². The lowest BCUT2D eigenvalue weighted by Gasteiger charge is -2.40. The molecule has 0 spiro atoms. The number of carbonyl (C=O) groups excluding carboxylic acids is 1. The number of aliphatic hydroxyl groups excluding tert-OH is 5. The van der Waals surface area contributed by atoms with E-state index in [-0.39, 0.29) is 12.5 Å². The van der Waals surface area contributed by atoms with Crippen molar-refractivity contribution in [2.24, 2.45) is 0 Å². The third kappa shape index (κ3) is 32.5. The zero-order valence-corrected chi connectivity index (χ0v) is 39.2. The molecule has 6 N–H and O–H groups in total. The highest BCUT2D eigenvalue weighted by Crippen LogP contribution is 2.23. The third-order valence-electron chi connectivity index (χ3n) is 11.9. The number of ether oxygens (including phenoxy) is 2. The molecule has 1 aliphatic heterocycles. The summed E-state index contributed by atoms with van der Waals surface area (Å²) in [5.41, 5.74) is 0. The SMILES string of the molecule is CC/C=C\C/C=C\C/C=C\C/C=C\CCCCCCC(=O)NC(COC1OC(CO)C(O)C(O)C1O)C(O)CCCCCCCCCCCCCCCCCCCCCCC. The monoisotopic (exact) mass is 862 g/mol. The smallest absolute Gasteiger partial charge is 0.220 e. The van der Waals surface area contributed by atoms with Crippen molar-refractivity contribution >= 4 is 5.91 Å². The number of allylic oxidation sites excluding steroid dienone is 8. The Morgan fingerprint density at radius 2 is 1.02 bits per heavy atom. The Kier molecular flexibility index (Phi) is 39.5. The maximum Gasteiger partial charge on any atom is 0.220 e. The molecule has 0 aliphatic carbocycles. The molecule has 0 aromatic rings. The van der Waals surface area contributed by atoms with Gasteiger partial charge >= 0.3 is 0 Å². The van der Waals surface area contributed by atoms with Crippen LogP contribution in [0.1, 0.15) is 219 Å². The van der Waals surface area contributed by atoms with Crippen LogP contribution < -0.4 is 5.32 Å². The fourth-order valence-corrected chi connectivity index (χ4v) is 7.92. The van der Waals surface area contributed by atoms with Gasteiger partial charge in [-0.1, -0.05) is 210 Å². The molecule has 1 fully saturated rings. The molecule has 0 radical (unpaired) electrons. The number of unbranched alkanes of at least 4 members (excludes halogenated alkanes) is 24. The van der Waals surface area contributed by atoms with Crippen molar-refractivity contribution in [3.05, 3.63) is 48.6 Å². The summed E-state index contributed by atoms with van der Waals surface area (Å²) >= 11 is 0. The van der Waals surface area contributed by atoms with Gasteiger partial charge in [0, 0.05) is 6.42 Å². The highest BCUT2D eigenvalue weighted by Gasteiger charge is 2.44. The maximum atomic E-state index is 13.0. The summed E-state index contributed by atoms with van der Waals surface area (Å²) in [5.74, 6) is -0.167. The number of amides is 1. The van der Waals surface area contributed by atoms with Crippen LogP contribution in [-0.4, -0.2) is 87.5 Å². The minimum atomic E-state index is -1.56. The number of rotatable bonds is 42. The molecule has 356 valence electrons. The summed E-state index contributed by atoms with van der Waals surface area (Å²) in [6.07, 6.45) is 46.9. The number of hydrogen-bond donors (Lipinski definition) is 6. The lowest BCUT2D eigenvalue weighted by Crippen LogP contribution is -2.60. The van der Waals surface area contributed by atoms with Crippen molar-refractivity contribution in [2.45, 2.75) is 262 Å². The molecule has 7 unspecified atom stereocenters. The van der Waals surface area contributed by atoms with Crippen molar-refractivity contribution in [1.29, 1.82) is 0 Å². The standard InChI is InChI=1S/C52H95NO8/c1-3-5-7-9-11-13-15-17-19-21-22-23-24-26-27-29-31-33-35-37-39-41-46(55)45(44-60-52-51(59)50(58)49(57)47(43-54)61-52)53-48(56)42-40-38-36-34-32-30-28-25-20-18-16-14-12-10-8-6-4-2/h6,8,12,14,18,20,28,30,45-47,49-52,54-55,57-59H,3-5,7,9-11,13,15-17,19,21-27,29,31-44H2,1-2H3,(H,53,56)/b8-6-,14-12-,20-18-,30-28-. The average molecular weight is 862 g/mol. The van der Waals surface area contributed by atoms with Crippen molar-refractivity contribution in [3.63, 3.8) is 0 Å². The van der Waals surface area contributed by atoms with Crippen LogP contribution in [0, 0.1) is 0 Å². The summed E-state index contributed by atoms with van der Waals surface area (Å²) in [5, 5.41) is 54.5. The normalized spacial score (nSPS) is 20.8. The van der Waals surface area contributed by atoms with Gasteiger partial charge in [0.1, 0.15) is 24.4 Å². The maximum absolute atomic E-state index is 13.0. The van der Waals surface area contributed by atoms with Crippen LogP contribution in [0.15, 0.2) is 48.6 Å². The molecule has 7 atom stereocenters. The van der Waals surface area contributed by atoms with E-state index in [4.69, 9.17) is 9.47 Å². The molecule has 1 saturated heterocycles. The third-order valence-corrected chi connectivity index (χ3v) is 11.9. The van der Waals surface area contributed by atoms with E-state index in [0.717, 1.165) is 77.0 Å². The Labute approximate surface area is 373 Å². The molecular weight excluding hydrogens is 767 g/mol. The van der Waals surface area contributed by atoms with E-state index >= 15 is 0 Å². The van der Waals surface area contributed by atoms with E-state index < -0.39 is 49.5 Å². The van der Waals surface area contributed by atoms with Gasteiger partial charge < -0.3 is 40.3 Å². The zero-order valence-electron chi connectivity index (χ0n) is 39.2. The molecule has 61 heavy (non-hydrogen) atoms. The quantitative estimate of drug-likeness (QED) is 0.0262. The molecule has 0 aromatic heterocycles. The van der Waals surface area contributed by atoms with Crippen molar-refractivity contribution in [3.8, 4) is 0 Å². The summed E-state index contributed by atoms with van der Waals surface area (Å²) in [6.45, 7) is 3.72. The van der Waals surface area contributed by atoms with E-state index in [0.29, 0.717) is 12.8 Å². The molecule has 1 amide bonds. The minimum absolute atomic E-state index is 0.149. The van der Waals surface area contributed by atoms with Gasteiger partial charge in [-0.05, 0) is 51.4 Å². The Morgan fingerprint density at radius 3 is 1.51 bits per heavy atom. The molecule has 1 aliphatic rings. The Hall–Kier alpha value is -1.85. The predicted octanol–water partition coefficient (Wildman–Crippen LogP) is 11.4. The van der Waals surface area contributed by atoms with Gasteiger partial charge in [-0.2, -0.15) is 0 Å². The first-order valence-electron chi connectivity index (χ1n) is 25.3. The number of nitrogens with one attached hydrogen (secondary N) is 1. The van der Waals surface area contributed by atoms with Gasteiger partial charge in [0.05, 0.1) is 25.4 Å². The van der Waals surface area contributed by atoms with Gasteiger partial charge in [0.2, 0.25) is 5.91 Å². The van der Waals surface area contributed by atoms with Crippen LogP contribution >= 0.6 is 0 Å². The highest BCUT2D eigenvalue weighted by atomic mass is 16.7. The van der Waals surface area contributed by atoms with Gasteiger partial charge in [-0.3, -0.25) is 4.79 Å². The predicted molar refractivity (Wildman–Crippen MR) is 253 cm³/mol. The summed E-state index contributed by atoms with van der Waals surface area (Å²) in [7, 11) is 0. The van der Waals surface area contributed by atoms with Crippen LogP contribution in [0.4, 0.5) is 0 Å². The molecule has 1 heterocycles. The first kappa shape index (κ1) is 57.2. The molecule has 0 bridgehead atoms. The number of hydrogen-bond acceptors (Lipinski definition) is 8. The zero-order chi connectivity index (χ0) is 44.4. The molecule has 0 saturated carbocycles. The Balaban J connectivity index is 2.29. The first-order valence-corrected chi connectivity index (χ1v) is 25.3. The molecular formula is C52H95NO8. The van der Waals surface area contributed by atoms with Crippen LogP contribution in [0.25, 0.3) is 0 Å². The fourth-order valence-electron chi connectivity index (χ4n) is 7.92. The second kappa shape index (κ2) is 42.1. The molecule has 1 rings (SSSR count). The van der Waals surface area contributed by atoms with Gasteiger partial charge in [-0.15, -0.1) is 0 Å². The van der Waals surface area contributed by atoms with E-state index in [9.17, 15) is 30.3 Å². The van der Waals surface area contributed by atoms with Crippen molar-refractivity contribution < 1.29 is 39.8 Å². The van der Waals surface area contributed by atoms with Crippen LogP contribution in [0.3, 0.4) is 0 Å². The minimum Gasteiger partial charge on any atom is -0.394 e.